The molecular weight excluding hydrogens is 390 g/mol. The average Bonchev–Trinajstić information content (AvgIpc) is 2.93. The Morgan fingerprint density at radius 3 is 2.65 bits per heavy atom. The van der Waals surface area contributed by atoms with Crippen molar-refractivity contribution in [3.05, 3.63) is 58.8 Å². The first-order valence-electron chi connectivity index (χ1n) is 8.65. The van der Waals surface area contributed by atoms with Crippen molar-refractivity contribution in [3.8, 4) is 6.07 Å². The third kappa shape index (κ3) is 3.23. The van der Waals surface area contributed by atoms with Crippen LogP contribution in [0.2, 0.25) is 0 Å². The van der Waals surface area contributed by atoms with Crippen LogP contribution in [0.5, 0.6) is 0 Å². The van der Waals surface area contributed by atoms with Gasteiger partial charge in [-0.3, -0.25) is 0 Å². The monoisotopic (exact) mass is 407 g/mol. The van der Waals surface area contributed by atoms with E-state index >= 15 is 0 Å². The number of anilines is 2. The molecular formula is C20H18BrN5. The van der Waals surface area contributed by atoms with Gasteiger partial charge in [0.1, 0.15) is 18.2 Å². The molecule has 2 heterocycles. The lowest BCUT2D eigenvalue weighted by Gasteiger charge is -2.25. The van der Waals surface area contributed by atoms with Crippen LogP contribution in [0.3, 0.4) is 0 Å². The van der Waals surface area contributed by atoms with E-state index in [1.165, 1.54) is 0 Å². The molecule has 0 aliphatic carbocycles. The molecule has 1 aliphatic rings. The van der Waals surface area contributed by atoms with Crippen molar-refractivity contribution >= 4 is 38.3 Å². The normalized spacial score (nSPS) is 14.9. The molecule has 5 nitrogen and oxygen atoms in total. The predicted molar refractivity (Wildman–Crippen MR) is 107 cm³/mol. The summed E-state index contributed by atoms with van der Waals surface area (Å²) >= 11 is 3.55. The molecule has 130 valence electrons. The highest BCUT2D eigenvalue weighted by atomic mass is 79.9. The van der Waals surface area contributed by atoms with Gasteiger partial charge in [0, 0.05) is 36.0 Å². The zero-order chi connectivity index (χ0) is 17.9. The molecule has 0 bridgehead atoms. The van der Waals surface area contributed by atoms with Gasteiger partial charge in [-0.25, -0.2) is 9.97 Å². The zero-order valence-electron chi connectivity index (χ0n) is 14.3. The van der Waals surface area contributed by atoms with Crippen LogP contribution in [0.1, 0.15) is 12.0 Å². The van der Waals surface area contributed by atoms with E-state index < -0.39 is 0 Å². The van der Waals surface area contributed by atoms with Gasteiger partial charge < -0.3 is 9.80 Å². The van der Waals surface area contributed by atoms with Crippen LogP contribution in [-0.2, 0) is 0 Å². The van der Waals surface area contributed by atoms with Gasteiger partial charge >= 0.3 is 0 Å². The highest BCUT2D eigenvalue weighted by molar-refractivity contribution is 9.10. The van der Waals surface area contributed by atoms with Crippen molar-refractivity contribution < 1.29 is 0 Å². The van der Waals surface area contributed by atoms with E-state index in [1.807, 2.05) is 36.4 Å². The lowest BCUT2D eigenvalue weighted by molar-refractivity contribution is 0.799. The van der Waals surface area contributed by atoms with Crippen LogP contribution in [0.25, 0.3) is 10.9 Å². The zero-order valence-corrected chi connectivity index (χ0v) is 15.9. The first kappa shape index (κ1) is 16.8. The smallest absolute Gasteiger partial charge is 0.139 e. The Balaban J connectivity index is 1.62. The molecule has 1 aromatic heterocycles. The lowest BCUT2D eigenvalue weighted by Crippen LogP contribution is -2.31. The quantitative estimate of drug-likeness (QED) is 0.642. The molecule has 1 saturated heterocycles. The number of hydrogen-bond acceptors (Lipinski definition) is 5. The van der Waals surface area contributed by atoms with Crippen LogP contribution < -0.4 is 9.80 Å². The van der Waals surface area contributed by atoms with E-state index in [2.05, 4.69) is 47.8 Å². The molecule has 0 N–H and O–H groups in total. The summed E-state index contributed by atoms with van der Waals surface area (Å²) in [5, 5.41) is 10.4. The van der Waals surface area contributed by atoms with Gasteiger partial charge in [-0.05, 0) is 36.8 Å². The maximum absolute atomic E-state index is 9.39. The molecule has 26 heavy (non-hydrogen) atoms. The summed E-state index contributed by atoms with van der Waals surface area (Å²) in [5.41, 5.74) is 2.71. The van der Waals surface area contributed by atoms with Gasteiger partial charge in [0.15, 0.2) is 0 Å². The Bertz CT molecular complexity index is 981. The molecule has 2 aromatic carbocycles. The van der Waals surface area contributed by atoms with Gasteiger partial charge in [0.2, 0.25) is 0 Å². The van der Waals surface area contributed by atoms with Crippen LogP contribution in [-0.4, -0.2) is 36.1 Å². The highest BCUT2D eigenvalue weighted by Crippen LogP contribution is 2.28. The maximum Gasteiger partial charge on any atom is 0.139 e. The van der Waals surface area contributed by atoms with Crippen molar-refractivity contribution in [2.45, 2.75) is 6.42 Å². The van der Waals surface area contributed by atoms with Crippen molar-refractivity contribution in [2.24, 2.45) is 0 Å². The predicted octanol–water partition coefficient (Wildman–Crippen LogP) is 3.98. The highest BCUT2D eigenvalue weighted by Gasteiger charge is 2.19. The van der Waals surface area contributed by atoms with Gasteiger partial charge in [0.05, 0.1) is 16.8 Å². The second-order valence-corrected chi connectivity index (χ2v) is 7.23. The summed E-state index contributed by atoms with van der Waals surface area (Å²) in [5.74, 6) is 0.978. The number of aromatic nitrogens is 2. The van der Waals surface area contributed by atoms with E-state index in [0.29, 0.717) is 0 Å². The number of hydrogen-bond donors (Lipinski definition) is 0. The summed E-state index contributed by atoms with van der Waals surface area (Å²) in [6, 6.07) is 16.2. The fourth-order valence-electron chi connectivity index (χ4n) is 3.48. The summed E-state index contributed by atoms with van der Waals surface area (Å²) in [7, 11) is 0. The largest absolute Gasteiger partial charge is 0.369 e. The SMILES string of the molecule is N#Cc1ccccc1N1CCCN(c2ncnc3ccc(Br)cc23)CC1. The van der Waals surface area contributed by atoms with Crippen molar-refractivity contribution in [2.75, 3.05) is 36.0 Å². The van der Waals surface area contributed by atoms with Crippen LogP contribution >= 0.6 is 15.9 Å². The molecule has 0 radical (unpaired) electrons. The van der Waals surface area contributed by atoms with Crippen molar-refractivity contribution in [3.63, 3.8) is 0 Å². The number of nitrogens with zero attached hydrogens (tertiary/aromatic N) is 5. The second-order valence-electron chi connectivity index (χ2n) is 6.32. The van der Waals surface area contributed by atoms with E-state index in [0.717, 1.165) is 65.0 Å². The number of fused-ring (bicyclic) bond motifs is 1. The molecule has 0 spiro atoms. The molecule has 3 aromatic rings. The first-order chi connectivity index (χ1) is 12.8. The van der Waals surface area contributed by atoms with Gasteiger partial charge in [0.25, 0.3) is 0 Å². The first-order valence-corrected chi connectivity index (χ1v) is 9.45. The van der Waals surface area contributed by atoms with Gasteiger partial charge in [-0.15, -0.1) is 0 Å². The van der Waals surface area contributed by atoms with E-state index in [9.17, 15) is 5.26 Å². The molecule has 0 saturated carbocycles. The van der Waals surface area contributed by atoms with E-state index in [1.54, 1.807) is 6.33 Å². The number of para-hydroxylation sites is 1. The molecule has 6 heteroatoms. The Morgan fingerprint density at radius 2 is 1.77 bits per heavy atom. The second kappa shape index (κ2) is 7.30. The number of rotatable bonds is 2. The Morgan fingerprint density at radius 1 is 0.962 bits per heavy atom. The van der Waals surface area contributed by atoms with Gasteiger partial charge in [-0.2, -0.15) is 5.26 Å². The molecule has 1 aliphatic heterocycles. The minimum Gasteiger partial charge on any atom is -0.369 e. The van der Waals surface area contributed by atoms with E-state index in [4.69, 9.17) is 0 Å². The third-order valence-electron chi connectivity index (χ3n) is 4.74. The third-order valence-corrected chi connectivity index (χ3v) is 5.23. The molecule has 0 amide bonds. The molecule has 0 atom stereocenters. The van der Waals surface area contributed by atoms with Crippen LogP contribution in [0.4, 0.5) is 11.5 Å². The Hall–Kier alpha value is -2.65. The fraction of sp³-hybridized carbons (Fsp3) is 0.250. The Kier molecular flexibility index (Phi) is 4.72. The standard InChI is InChI=1S/C20H18BrN5/c21-16-6-7-18-17(12-16)20(24-14-23-18)26-9-3-8-25(10-11-26)19-5-2-1-4-15(19)13-22/h1-2,4-7,12,14H,3,8-11H2. The summed E-state index contributed by atoms with van der Waals surface area (Å²) < 4.78 is 1.03. The minimum absolute atomic E-state index is 0.734. The van der Waals surface area contributed by atoms with E-state index in [-0.39, 0.29) is 0 Å². The number of halogens is 1. The minimum atomic E-state index is 0.734. The summed E-state index contributed by atoms with van der Waals surface area (Å²) in [6.07, 6.45) is 2.65. The number of nitriles is 1. The van der Waals surface area contributed by atoms with Crippen molar-refractivity contribution in [1.29, 1.82) is 5.26 Å². The lowest BCUT2D eigenvalue weighted by atomic mass is 10.1. The summed E-state index contributed by atoms with van der Waals surface area (Å²) in [6.45, 7) is 3.59. The van der Waals surface area contributed by atoms with Crippen molar-refractivity contribution in [1.82, 2.24) is 9.97 Å². The van der Waals surface area contributed by atoms with Crippen LogP contribution in [0, 0.1) is 11.3 Å². The molecule has 1 fully saturated rings. The molecule has 4 rings (SSSR count). The average molecular weight is 408 g/mol. The summed E-state index contributed by atoms with van der Waals surface area (Å²) in [4.78, 5) is 13.6. The molecule has 0 unspecified atom stereocenters. The Labute approximate surface area is 161 Å². The number of benzene rings is 2. The van der Waals surface area contributed by atoms with Crippen LogP contribution in [0.15, 0.2) is 53.3 Å². The topological polar surface area (TPSA) is 56.1 Å². The van der Waals surface area contributed by atoms with Gasteiger partial charge in [-0.1, -0.05) is 28.1 Å². The maximum atomic E-state index is 9.39. The fourth-order valence-corrected chi connectivity index (χ4v) is 3.84.